The van der Waals surface area contributed by atoms with Crippen LogP contribution >= 0.6 is 12.6 Å². The molecule has 0 saturated heterocycles. The number of alkyl halides is 6. The molecule has 1 nitrogen and oxygen atoms in total. The van der Waals surface area contributed by atoms with Gasteiger partial charge >= 0.3 is 12.4 Å². The molecule has 0 amide bonds. The second kappa shape index (κ2) is 4.30. The van der Waals surface area contributed by atoms with Gasteiger partial charge in [-0.2, -0.15) is 26.3 Å². The van der Waals surface area contributed by atoms with Crippen LogP contribution in [0.3, 0.4) is 0 Å². The lowest BCUT2D eigenvalue weighted by Gasteiger charge is -2.32. The van der Waals surface area contributed by atoms with Crippen LogP contribution < -0.4 is 0 Å². The van der Waals surface area contributed by atoms with Crippen molar-refractivity contribution in [2.45, 2.75) is 22.8 Å². The van der Waals surface area contributed by atoms with E-state index in [0.717, 1.165) is 0 Å². The normalized spacial score (nSPS) is 13.8. The molecule has 0 spiro atoms. The topological polar surface area (TPSA) is 20.2 Å². The Morgan fingerprint density at radius 2 is 1.33 bits per heavy atom. The van der Waals surface area contributed by atoms with Gasteiger partial charge in [0.05, 0.1) is 0 Å². The summed E-state index contributed by atoms with van der Waals surface area (Å²) in [7, 11) is 0. The van der Waals surface area contributed by atoms with Gasteiger partial charge in [-0.1, -0.05) is 0 Å². The minimum atomic E-state index is -6.04. The molecular formula is C9H5F7OS. The highest BCUT2D eigenvalue weighted by molar-refractivity contribution is 7.80. The fraction of sp³-hybridized carbons (Fsp3) is 0.333. The van der Waals surface area contributed by atoms with Crippen molar-refractivity contribution in [1.29, 1.82) is 0 Å². The molecule has 0 saturated carbocycles. The van der Waals surface area contributed by atoms with Crippen molar-refractivity contribution in [2.75, 3.05) is 0 Å². The number of halogens is 7. The van der Waals surface area contributed by atoms with E-state index in [4.69, 9.17) is 5.11 Å². The number of hydrogen-bond donors (Lipinski definition) is 2. The van der Waals surface area contributed by atoms with E-state index in [9.17, 15) is 30.7 Å². The van der Waals surface area contributed by atoms with Crippen molar-refractivity contribution in [3.8, 4) is 0 Å². The van der Waals surface area contributed by atoms with Crippen LogP contribution in [-0.2, 0) is 5.60 Å². The maximum Gasteiger partial charge on any atom is 0.430 e. The van der Waals surface area contributed by atoms with E-state index in [2.05, 4.69) is 12.6 Å². The average molecular weight is 294 g/mol. The van der Waals surface area contributed by atoms with Crippen LogP contribution in [0.1, 0.15) is 5.56 Å². The number of benzene rings is 1. The Morgan fingerprint density at radius 3 is 1.67 bits per heavy atom. The van der Waals surface area contributed by atoms with E-state index >= 15 is 0 Å². The van der Waals surface area contributed by atoms with Crippen LogP contribution in [-0.4, -0.2) is 17.5 Å². The molecule has 102 valence electrons. The standard InChI is InChI=1S/C9H5F7OS/c10-5-1-4(2-6(18)3-5)7(17,8(11,12)13)9(14,15)16/h1-3,17-18H. The lowest BCUT2D eigenvalue weighted by molar-refractivity contribution is -0.376. The highest BCUT2D eigenvalue weighted by atomic mass is 32.1. The molecule has 0 radical (unpaired) electrons. The number of thiol groups is 1. The van der Waals surface area contributed by atoms with Crippen LogP contribution in [0.25, 0.3) is 0 Å². The zero-order valence-corrected chi connectivity index (χ0v) is 9.17. The van der Waals surface area contributed by atoms with Gasteiger partial charge in [0.1, 0.15) is 5.82 Å². The summed E-state index contributed by atoms with van der Waals surface area (Å²) in [6.07, 6.45) is -12.1. The third-order valence-corrected chi connectivity index (χ3v) is 2.38. The van der Waals surface area contributed by atoms with Gasteiger partial charge in [0, 0.05) is 10.5 Å². The lowest BCUT2D eigenvalue weighted by atomic mass is 9.92. The molecule has 0 aromatic heterocycles. The molecule has 1 N–H and O–H groups in total. The van der Waals surface area contributed by atoms with Crippen LogP contribution in [0, 0.1) is 5.82 Å². The second-order valence-electron chi connectivity index (χ2n) is 3.40. The van der Waals surface area contributed by atoms with E-state index in [1.807, 2.05) is 0 Å². The summed E-state index contributed by atoms with van der Waals surface area (Å²) in [5.41, 5.74) is -6.81. The molecule has 9 heteroatoms. The largest absolute Gasteiger partial charge is 0.430 e. The maximum absolute atomic E-state index is 12.8. The quantitative estimate of drug-likeness (QED) is 0.600. The van der Waals surface area contributed by atoms with Crippen molar-refractivity contribution in [3.05, 3.63) is 29.6 Å². The minimum absolute atomic E-state index is 0.0410. The van der Waals surface area contributed by atoms with E-state index in [0.29, 0.717) is 12.1 Å². The van der Waals surface area contributed by atoms with E-state index < -0.39 is 34.2 Å². The van der Waals surface area contributed by atoms with Crippen molar-refractivity contribution in [3.63, 3.8) is 0 Å². The van der Waals surface area contributed by atoms with Gasteiger partial charge in [-0.3, -0.25) is 0 Å². The molecule has 0 aliphatic heterocycles. The average Bonchev–Trinajstić information content (AvgIpc) is 2.11. The SMILES string of the molecule is OC(c1cc(F)cc(S)c1)(C(F)(F)F)C(F)(F)F. The molecule has 0 atom stereocenters. The smallest absolute Gasteiger partial charge is 0.369 e. The Bertz CT molecular complexity index is 417. The maximum atomic E-state index is 12.8. The van der Waals surface area contributed by atoms with Crippen LogP contribution in [0.5, 0.6) is 0 Å². The highest BCUT2D eigenvalue weighted by Crippen LogP contribution is 2.50. The zero-order valence-electron chi connectivity index (χ0n) is 8.27. The third kappa shape index (κ3) is 2.41. The first kappa shape index (κ1) is 15.1. The van der Waals surface area contributed by atoms with Crippen molar-refractivity contribution >= 4 is 12.6 Å². The molecule has 0 bridgehead atoms. The predicted octanol–water partition coefficient (Wildman–Crippen LogP) is 3.43. The lowest BCUT2D eigenvalue weighted by Crippen LogP contribution is -2.54. The Morgan fingerprint density at radius 1 is 0.889 bits per heavy atom. The molecule has 0 fully saturated rings. The monoisotopic (exact) mass is 294 g/mol. The molecule has 0 aliphatic rings. The Labute approximate surface area is 102 Å². The van der Waals surface area contributed by atoms with Gasteiger partial charge in [-0.05, 0) is 18.2 Å². The van der Waals surface area contributed by atoms with Crippen molar-refractivity contribution in [2.24, 2.45) is 0 Å². The molecule has 0 unspecified atom stereocenters. The summed E-state index contributed by atoms with van der Waals surface area (Å²) in [4.78, 5) is -0.475. The van der Waals surface area contributed by atoms with Gasteiger partial charge < -0.3 is 5.11 Å². The summed E-state index contributed by atoms with van der Waals surface area (Å²) in [5.74, 6) is -1.37. The first-order chi connectivity index (χ1) is 7.89. The predicted molar refractivity (Wildman–Crippen MR) is 49.7 cm³/mol. The summed E-state index contributed by atoms with van der Waals surface area (Å²) in [6, 6.07) is 0.869. The number of hydrogen-bond acceptors (Lipinski definition) is 2. The second-order valence-corrected chi connectivity index (χ2v) is 3.92. The molecule has 1 rings (SSSR count). The van der Waals surface area contributed by atoms with Gasteiger partial charge in [0.25, 0.3) is 5.60 Å². The molecule has 0 aliphatic carbocycles. The van der Waals surface area contributed by atoms with Gasteiger partial charge in [0.2, 0.25) is 0 Å². The summed E-state index contributed by atoms with van der Waals surface area (Å²) in [5, 5.41) is 8.95. The molecule has 1 aromatic carbocycles. The Balaban J connectivity index is 3.55. The first-order valence-electron chi connectivity index (χ1n) is 4.25. The Kier molecular flexibility index (Phi) is 3.61. The van der Waals surface area contributed by atoms with Crippen molar-refractivity contribution in [1.82, 2.24) is 0 Å². The minimum Gasteiger partial charge on any atom is -0.369 e. The summed E-state index contributed by atoms with van der Waals surface area (Å²) < 4.78 is 87.4. The van der Waals surface area contributed by atoms with Gasteiger partial charge in [0.15, 0.2) is 0 Å². The third-order valence-electron chi connectivity index (χ3n) is 2.12. The van der Waals surface area contributed by atoms with E-state index in [1.54, 1.807) is 0 Å². The molecule has 1 aromatic rings. The molecular weight excluding hydrogens is 289 g/mol. The highest BCUT2D eigenvalue weighted by Gasteiger charge is 2.71. The van der Waals surface area contributed by atoms with Gasteiger partial charge in [-0.25, -0.2) is 4.39 Å². The number of aliphatic hydroxyl groups is 1. The Hall–Kier alpha value is -0.960. The molecule has 0 heterocycles. The van der Waals surface area contributed by atoms with Crippen LogP contribution in [0.15, 0.2) is 23.1 Å². The van der Waals surface area contributed by atoms with Gasteiger partial charge in [-0.15, -0.1) is 12.6 Å². The van der Waals surface area contributed by atoms with E-state index in [1.165, 1.54) is 0 Å². The van der Waals surface area contributed by atoms with Crippen LogP contribution in [0.2, 0.25) is 0 Å². The number of rotatable bonds is 1. The first-order valence-corrected chi connectivity index (χ1v) is 4.70. The van der Waals surface area contributed by atoms with E-state index in [-0.39, 0.29) is 6.07 Å². The zero-order chi connectivity index (χ0) is 14.4. The summed E-state index contributed by atoms with van der Waals surface area (Å²) >= 11 is 3.46. The summed E-state index contributed by atoms with van der Waals surface area (Å²) in [6.45, 7) is 0. The fourth-order valence-electron chi connectivity index (χ4n) is 1.27. The van der Waals surface area contributed by atoms with Crippen molar-refractivity contribution < 1.29 is 35.8 Å². The van der Waals surface area contributed by atoms with Crippen LogP contribution in [0.4, 0.5) is 30.7 Å². The fourth-order valence-corrected chi connectivity index (χ4v) is 1.53. The molecule has 18 heavy (non-hydrogen) atoms.